The summed E-state index contributed by atoms with van der Waals surface area (Å²) in [4.78, 5) is 35.8. The first-order chi connectivity index (χ1) is 17.0. The van der Waals surface area contributed by atoms with Gasteiger partial charge in [-0.2, -0.15) is 0 Å². The van der Waals surface area contributed by atoms with Crippen LogP contribution in [-0.2, 0) is 16.1 Å². The van der Waals surface area contributed by atoms with Gasteiger partial charge >= 0.3 is 12.1 Å². The second-order valence-electron chi connectivity index (χ2n) is 9.03. The van der Waals surface area contributed by atoms with Crippen LogP contribution in [0.4, 0.5) is 4.79 Å². The van der Waals surface area contributed by atoms with Crippen LogP contribution in [0, 0.1) is 11.8 Å². The van der Waals surface area contributed by atoms with Crippen LogP contribution in [0.3, 0.4) is 0 Å². The number of ether oxygens (including phenoxy) is 1. The maximum atomic E-state index is 12.4. The van der Waals surface area contributed by atoms with E-state index in [1.165, 1.54) is 17.2 Å². The molecule has 2 aliphatic rings. The number of aromatic carboxylic acids is 1. The molecule has 0 saturated heterocycles. The van der Waals surface area contributed by atoms with E-state index in [1.54, 1.807) is 18.2 Å². The molecule has 2 unspecified atom stereocenters. The number of hydrogen-bond donors (Lipinski definition) is 3. The average molecular weight is 471 g/mol. The third kappa shape index (κ3) is 4.89. The van der Waals surface area contributed by atoms with Gasteiger partial charge in [0, 0.05) is 24.9 Å². The number of carboxylic acids is 1. The molecule has 3 aromatic carbocycles. The van der Waals surface area contributed by atoms with Gasteiger partial charge in [-0.25, -0.2) is 9.59 Å². The van der Waals surface area contributed by atoms with E-state index in [-0.39, 0.29) is 42.4 Å². The zero-order chi connectivity index (χ0) is 24.4. The quantitative estimate of drug-likeness (QED) is 0.458. The van der Waals surface area contributed by atoms with E-state index in [4.69, 9.17) is 9.84 Å². The van der Waals surface area contributed by atoms with Gasteiger partial charge in [-0.05, 0) is 52.3 Å². The molecule has 0 bridgehead atoms. The predicted molar refractivity (Wildman–Crippen MR) is 130 cm³/mol. The van der Waals surface area contributed by atoms with Gasteiger partial charge in [0.15, 0.2) is 0 Å². The first-order valence-electron chi connectivity index (χ1n) is 11.7. The molecule has 1 saturated carbocycles. The third-order valence-electron chi connectivity index (χ3n) is 6.75. The van der Waals surface area contributed by atoms with Gasteiger partial charge in [-0.15, -0.1) is 0 Å². The summed E-state index contributed by atoms with van der Waals surface area (Å²) in [5.74, 6) is -1.18. The highest BCUT2D eigenvalue weighted by molar-refractivity contribution is 5.88. The van der Waals surface area contributed by atoms with Crippen molar-refractivity contribution in [2.75, 3.05) is 13.2 Å². The molecule has 3 N–H and O–H groups in total. The smallest absolute Gasteiger partial charge is 0.407 e. The molecule has 178 valence electrons. The van der Waals surface area contributed by atoms with Crippen LogP contribution in [-0.4, -0.2) is 36.2 Å². The van der Waals surface area contributed by atoms with Crippen molar-refractivity contribution < 1.29 is 24.2 Å². The molecule has 0 aromatic heterocycles. The van der Waals surface area contributed by atoms with Crippen LogP contribution in [0.1, 0.15) is 39.4 Å². The minimum absolute atomic E-state index is 0.00670. The molecular weight excluding hydrogens is 444 g/mol. The monoisotopic (exact) mass is 470 g/mol. The van der Waals surface area contributed by atoms with E-state index < -0.39 is 12.1 Å². The van der Waals surface area contributed by atoms with E-state index in [9.17, 15) is 14.4 Å². The lowest BCUT2D eigenvalue weighted by atomic mass is 9.98. The van der Waals surface area contributed by atoms with Gasteiger partial charge in [0.1, 0.15) is 6.61 Å². The maximum Gasteiger partial charge on any atom is 0.407 e. The van der Waals surface area contributed by atoms with Crippen molar-refractivity contribution in [3.8, 4) is 11.1 Å². The molecule has 7 heteroatoms. The predicted octanol–water partition coefficient (Wildman–Crippen LogP) is 4.18. The fourth-order valence-electron chi connectivity index (χ4n) is 4.79. The number of alkyl carbamates (subject to hydrolysis) is 1. The number of amides is 2. The zero-order valence-corrected chi connectivity index (χ0v) is 19.1. The summed E-state index contributed by atoms with van der Waals surface area (Å²) in [6, 6.07) is 22.9. The summed E-state index contributed by atoms with van der Waals surface area (Å²) in [6.07, 6.45) is 0.216. The summed E-state index contributed by atoms with van der Waals surface area (Å²) in [6.45, 7) is 0.899. The van der Waals surface area contributed by atoms with Crippen LogP contribution in [0.2, 0.25) is 0 Å². The van der Waals surface area contributed by atoms with Crippen molar-refractivity contribution in [3.05, 3.63) is 95.1 Å². The number of carboxylic acid groups (broad SMARTS) is 1. The Kier molecular flexibility index (Phi) is 6.23. The number of fused-ring (bicyclic) bond motifs is 3. The standard InChI is InChI=1S/C28H26N2O5/c31-26(29-14-17-6-5-7-18(12-17)27(32)33)24-13-19(24)15-30-28(34)35-16-25-22-10-3-1-8-20(22)21-9-2-4-11-23(21)25/h1-12,19,24-25H,13-16H2,(H,29,31)(H,30,34)(H,32,33). The Hall–Kier alpha value is -4.13. The minimum Gasteiger partial charge on any atom is -0.478 e. The second kappa shape index (κ2) is 9.62. The number of benzene rings is 3. The number of carbonyl (C=O) groups excluding carboxylic acids is 2. The molecule has 2 aliphatic carbocycles. The van der Waals surface area contributed by atoms with E-state index >= 15 is 0 Å². The Morgan fingerprint density at radius 2 is 1.57 bits per heavy atom. The van der Waals surface area contributed by atoms with Crippen LogP contribution < -0.4 is 10.6 Å². The molecule has 5 rings (SSSR count). The lowest BCUT2D eigenvalue weighted by Crippen LogP contribution is -2.30. The SMILES string of the molecule is O=C(NCC1CC1C(=O)NCc1cccc(C(=O)O)c1)OCC1c2ccccc2-c2ccccc21. The molecule has 2 amide bonds. The number of rotatable bonds is 8. The fraction of sp³-hybridized carbons (Fsp3) is 0.250. The van der Waals surface area contributed by atoms with Gasteiger partial charge in [0.2, 0.25) is 5.91 Å². The molecule has 2 atom stereocenters. The summed E-state index contributed by atoms with van der Waals surface area (Å²) in [7, 11) is 0. The van der Waals surface area contributed by atoms with E-state index in [0.29, 0.717) is 13.0 Å². The Morgan fingerprint density at radius 3 is 2.26 bits per heavy atom. The average Bonchev–Trinajstić information content (AvgIpc) is 3.60. The summed E-state index contributed by atoms with van der Waals surface area (Å²) >= 11 is 0. The van der Waals surface area contributed by atoms with E-state index in [0.717, 1.165) is 16.7 Å². The molecule has 35 heavy (non-hydrogen) atoms. The number of hydrogen-bond acceptors (Lipinski definition) is 4. The van der Waals surface area contributed by atoms with E-state index in [2.05, 4.69) is 34.9 Å². The first-order valence-corrected chi connectivity index (χ1v) is 11.7. The molecule has 0 heterocycles. The molecule has 0 radical (unpaired) electrons. The zero-order valence-electron chi connectivity index (χ0n) is 19.1. The normalized spacial score (nSPS) is 17.7. The van der Waals surface area contributed by atoms with Crippen molar-refractivity contribution in [2.45, 2.75) is 18.9 Å². The molecule has 7 nitrogen and oxygen atoms in total. The Balaban J connectivity index is 1.07. The largest absolute Gasteiger partial charge is 0.478 e. The lowest BCUT2D eigenvalue weighted by molar-refractivity contribution is -0.122. The Bertz CT molecular complexity index is 1240. The van der Waals surface area contributed by atoms with Crippen molar-refractivity contribution in [2.24, 2.45) is 11.8 Å². The molecular formula is C28H26N2O5. The highest BCUT2D eigenvalue weighted by Crippen LogP contribution is 2.44. The van der Waals surface area contributed by atoms with Gasteiger partial charge in [0.25, 0.3) is 0 Å². The van der Waals surface area contributed by atoms with Crippen molar-refractivity contribution in [1.29, 1.82) is 0 Å². The van der Waals surface area contributed by atoms with Gasteiger partial charge in [-0.1, -0.05) is 60.7 Å². The van der Waals surface area contributed by atoms with Crippen LogP contribution in [0.15, 0.2) is 72.8 Å². The van der Waals surface area contributed by atoms with Gasteiger partial charge in [0.05, 0.1) is 5.56 Å². The lowest BCUT2D eigenvalue weighted by Gasteiger charge is -2.14. The van der Waals surface area contributed by atoms with Crippen LogP contribution in [0.5, 0.6) is 0 Å². The number of nitrogens with one attached hydrogen (secondary N) is 2. The van der Waals surface area contributed by atoms with Crippen molar-refractivity contribution >= 4 is 18.0 Å². The highest BCUT2D eigenvalue weighted by Gasteiger charge is 2.42. The first kappa shape index (κ1) is 22.7. The Labute approximate surface area is 203 Å². The third-order valence-corrected chi connectivity index (χ3v) is 6.75. The summed E-state index contributed by atoms with van der Waals surface area (Å²) in [5.41, 5.74) is 5.60. The van der Waals surface area contributed by atoms with Crippen LogP contribution in [0.25, 0.3) is 11.1 Å². The topological polar surface area (TPSA) is 105 Å². The van der Waals surface area contributed by atoms with Crippen LogP contribution >= 0.6 is 0 Å². The van der Waals surface area contributed by atoms with Crippen molar-refractivity contribution in [1.82, 2.24) is 10.6 Å². The molecule has 1 fully saturated rings. The summed E-state index contributed by atoms with van der Waals surface area (Å²) < 4.78 is 5.55. The number of carbonyl (C=O) groups is 3. The van der Waals surface area contributed by atoms with Crippen molar-refractivity contribution in [3.63, 3.8) is 0 Å². The maximum absolute atomic E-state index is 12.4. The molecule has 0 aliphatic heterocycles. The summed E-state index contributed by atoms with van der Waals surface area (Å²) in [5, 5.41) is 14.7. The van der Waals surface area contributed by atoms with E-state index in [1.807, 2.05) is 24.3 Å². The molecule has 0 spiro atoms. The second-order valence-corrected chi connectivity index (χ2v) is 9.03. The highest BCUT2D eigenvalue weighted by atomic mass is 16.5. The molecule has 3 aromatic rings. The fourth-order valence-corrected chi connectivity index (χ4v) is 4.79. The van der Waals surface area contributed by atoms with Gasteiger partial charge in [-0.3, -0.25) is 4.79 Å². The van der Waals surface area contributed by atoms with Gasteiger partial charge < -0.3 is 20.5 Å². The Morgan fingerprint density at radius 1 is 0.886 bits per heavy atom. The minimum atomic E-state index is -1.00.